The summed E-state index contributed by atoms with van der Waals surface area (Å²) in [5, 5.41) is 0. The lowest BCUT2D eigenvalue weighted by molar-refractivity contribution is 0.580. The van der Waals surface area contributed by atoms with E-state index in [-0.39, 0.29) is 29.1 Å². The average molecular weight is 263 g/mol. The molecule has 14 heavy (non-hydrogen) atoms. The van der Waals surface area contributed by atoms with E-state index in [1.807, 2.05) is 0 Å². The van der Waals surface area contributed by atoms with Crippen LogP contribution in [0.2, 0.25) is 0 Å². The lowest BCUT2D eigenvalue weighted by atomic mass is 10.3. The number of hydrogen-bond acceptors (Lipinski definition) is 4. The second kappa shape index (κ2) is 5.32. The number of rotatable bonds is 6. The summed E-state index contributed by atoms with van der Waals surface area (Å²) in [4.78, 5) is 0. The van der Waals surface area contributed by atoms with Crippen molar-refractivity contribution in [2.24, 2.45) is 5.92 Å². The van der Waals surface area contributed by atoms with Crippen LogP contribution in [-0.2, 0) is 19.7 Å². The summed E-state index contributed by atoms with van der Waals surface area (Å²) < 4.78 is 44.1. The molecule has 0 fully saturated rings. The van der Waals surface area contributed by atoms with Gasteiger partial charge in [0.15, 0.2) is 9.84 Å². The van der Waals surface area contributed by atoms with E-state index in [1.54, 1.807) is 6.92 Å². The van der Waals surface area contributed by atoms with E-state index < -0.39 is 19.7 Å². The Hall–Kier alpha value is 0.190. The molecule has 0 aromatic rings. The van der Waals surface area contributed by atoms with Crippen LogP contribution in [-0.4, -0.2) is 46.2 Å². The third-order valence-corrected chi connectivity index (χ3v) is 5.20. The molecule has 1 atom stereocenters. The van der Waals surface area contributed by atoms with Crippen LogP contribution in [0.3, 0.4) is 0 Å². The van der Waals surface area contributed by atoms with Crippen LogP contribution in [0.25, 0.3) is 0 Å². The van der Waals surface area contributed by atoms with Gasteiger partial charge >= 0.3 is 0 Å². The second-order valence-corrected chi connectivity index (χ2v) is 8.30. The zero-order valence-corrected chi connectivity index (χ0v) is 10.6. The topological polar surface area (TPSA) is 68.3 Å². The van der Waals surface area contributed by atoms with Gasteiger partial charge in [0, 0.05) is 12.1 Å². The van der Waals surface area contributed by atoms with Crippen LogP contribution in [0, 0.1) is 5.92 Å². The molecule has 1 unspecified atom stereocenters. The Morgan fingerprint density at radius 2 is 1.64 bits per heavy atom. The van der Waals surface area contributed by atoms with Crippen molar-refractivity contribution in [3.8, 4) is 0 Å². The summed E-state index contributed by atoms with van der Waals surface area (Å²) in [6, 6.07) is 0. The van der Waals surface area contributed by atoms with Crippen molar-refractivity contribution in [2.75, 3.05) is 29.4 Å². The van der Waals surface area contributed by atoms with Gasteiger partial charge in [-0.25, -0.2) is 16.8 Å². The van der Waals surface area contributed by atoms with Crippen molar-refractivity contribution in [3.05, 3.63) is 0 Å². The molecule has 86 valence electrons. The summed E-state index contributed by atoms with van der Waals surface area (Å²) >= 11 is 5.47. The van der Waals surface area contributed by atoms with E-state index in [2.05, 4.69) is 0 Å². The monoisotopic (exact) mass is 262 g/mol. The molecule has 0 saturated carbocycles. The first-order valence-electron chi connectivity index (χ1n) is 4.10. The highest BCUT2D eigenvalue weighted by Gasteiger charge is 2.17. The fourth-order valence-electron chi connectivity index (χ4n) is 0.840. The summed E-state index contributed by atoms with van der Waals surface area (Å²) in [6.07, 6.45) is 1.02. The quantitative estimate of drug-likeness (QED) is 0.647. The van der Waals surface area contributed by atoms with E-state index in [4.69, 9.17) is 11.6 Å². The van der Waals surface area contributed by atoms with Crippen molar-refractivity contribution in [3.63, 3.8) is 0 Å². The molecule has 0 N–H and O–H groups in total. The van der Waals surface area contributed by atoms with Crippen LogP contribution in [0.15, 0.2) is 0 Å². The van der Waals surface area contributed by atoms with E-state index in [9.17, 15) is 16.8 Å². The normalized spacial score (nSPS) is 15.4. The third kappa shape index (κ3) is 7.58. The Balaban J connectivity index is 4.24. The molecule has 0 rings (SSSR count). The third-order valence-electron chi connectivity index (χ3n) is 1.57. The first-order valence-corrected chi connectivity index (χ1v) is 8.52. The highest BCUT2D eigenvalue weighted by Crippen LogP contribution is 2.04. The Labute approximate surface area is 90.5 Å². The lowest BCUT2D eigenvalue weighted by Crippen LogP contribution is -2.22. The number of alkyl halides is 1. The van der Waals surface area contributed by atoms with Crippen LogP contribution in [0.5, 0.6) is 0 Å². The molecule has 0 aliphatic rings. The smallest absolute Gasteiger partial charge is 0.151 e. The Kier molecular flexibility index (Phi) is 5.39. The summed E-state index contributed by atoms with van der Waals surface area (Å²) in [5.41, 5.74) is 0. The Morgan fingerprint density at radius 3 is 2.00 bits per heavy atom. The first-order chi connectivity index (χ1) is 6.16. The van der Waals surface area contributed by atoms with Crippen molar-refractivity contribution >= 4 is 31.3 Å². The van der Waals surface area contributed by atoms with Crippen LogP contribution >= 0.6 is 11.6 Å². The zero-order chi connectivity index (χ0) is 11.4. The maximum absolute atomic E-state index is 11.3. The van der Waals surface area contributed by atoms with Crippen molar-refractivity contribution < 1.29 is 16.8 Å². The van der Waals surface area contributed by atoms with Gasteiger partial charge in [0.2, 0.25) is 0 Å². The zero-order valence-electron chi connectivity index (χ0n) is 8.23. The molecular weight excluding hydrogens is 248 g/mol. The second-order valence-electron chi connectivity index (χ2n) is 3.50. The molecule has 4 nitrogen and oxygen atoms in total. The average Bonchev–Trinajstić information content (AvgIpc) is 1.99. The molecule has 0 aliphatic heterocycles. The fraction of sp³-hybridized carbons (Fsp3) is 1.00. The lowest BCUT2D eigenvalue weighted by Gasteiger charge is -2.07. The highest BCUT2D eigenvalue weighted by atomic mass is 35.5. The molecule has 7 heteroatoms. The molecule has 0 aromatic carbocycles. The van der Waals surface area contributed by atoms with E-state index >= 15 is 0 Å². The number of halogens is 1. The molecule has 0 heterocycles. The summed E-state index contributed by atoms with van der Waals surface area (Å²) in [5.74, 6) is -0.553. The standard InChI is InChI=1S/C7H15ClO4S2/c1-7(5-8)6-14(11,12)4-3-13(2,9)10/h7H,3-6H2,1-2H3. The number of hydrogen-bond donors (Lipinski definition) is 0. The van der Waals surface area contributed by atoms with Gasteiger partial charge in [-0.3, -0.25) is 0 Å². The molecule has 0 saturated heterocycles. The van der Waals surface area contributed by atoms with Crippen molar-refractivity contribution in [2.45, 2.75) is 6.92 Å². The van der Waals surface area contributed by atoms with E-state index in [0.717, 1.165) is 6.26 Å². The molecule has 0 bridgehead atoms. The molecule has 0 aromatic heterocycles. The molecule has 0 spiro atoms. The van der Waals surface area contributed by atoms with Crippen LogP contribution < -0.4 is 0 Å². The summed E-state index contributed by atoms with van der Waals surface area (Å²) in [7, 11) is -6.50. The van der Waals surface area contributed by atoms with Crippen molar-refractivity contribution in [1.82, 2.24) is 0 Å². The van der Waals surface area contributed by atoms with Gasteiger partial charge in [0.1, 0.15) is 9.84 Å². The van der Waals surface area contributed by atoms with Crippen molar-refractivity contribution in [1.29, 1.82) is 0 Å². The Bertz CT molecular complexity index is 357. The largest absolute Gasteiger partial charge is 0.229 e. The van der Waals surface area contributed by atoms with Crippen LogP contribution in [0.4, 0.5) is 0 Å². The first kappa shape index (κ1) is 14.2. The minimum atomic E-state index is -3.29. The minimum Gasteiger partial charge on any atom is -0.229 e. The minimum absolute atomic E-state index is 0.0496. The van der Waals surface area contributed by atoms with Gasteiger partial charge in [-0.2, -0.15) is 0 Å². The molecular formula is C7H15ClO4S2. The SMILES string of the molecule is CC(CCl)CS(=O)(=O)CCS(C)(=O)=O. The number of sulfone groups is 2. The predicted molar refractivity (Wildman–Crippen MR) is 58.2 cm³/mol. The maximum Gasteiger partial charge on any atom is 0.151 e. The molecule has 0 aliphatic carbocycles. The van der Waals surface area contributed by atoms with Gasteiger partial charge in [-0.1, -0.05) is 6.92 Å². The maximum atomic E-state index is 11.3. The van der Waals surface area contributed by atoms with Gasteiger partial charge < -0.3 is 0 Å². The Morgan fingerprint density at radius 1 is 1.14 bits per heavy atom. The van der Waals surface area contributed by atoms with Gasteiger partial charge in [0.25, 0.3) is 0 Å². The van der Waals surface area contributed by atoms with Gasteiger partial charge in [-0.15, -0.1) is 11.6 Å². The fourth-order valence-corrected chi connectivity index (χ4v) is 4.46. The van der Waals surface area contributed by atoms with E-state index in [0.29, 0.717) is 0 Å². The van der Waals surface area contributed by atoms with E-state index in [1.165, 1.54) is 0 Å². The van der Waals surface area contributed by atoms with Gasteiger partial charge in [0.05, 0.1) is 17.3 Å². The predicted octanol–water partition coefficient (Wildman–Crippen LogP) is 0.321. The summed E-state index contributed by atoms with van der Waals surface area (Å²) in [6.45, 7) is 1.71. The molecule has 0 radical (unpaired) electrons. The highest BCUT2D eigenvalue weighted by molar-refractivity contribution is 7.94. The van der Waals surface area contributed by atoms with Crippen LogP contribution in [0.1, 0.15) is 6.92 Å². The molecule has 0 amide bonds. The van der Waals surface area contributed by atoms with Gasteiger partial charge in [-0.05, 0) is 5.92 Å².